The number of carbonyl (C=O) groups excluding carboxylic acids is 2. The standard InChI is InChI=1S/C20H22Cl2N4O3S/c21-17-2-1-13(5-18(17)22)10-26-3-4-29-15(11-26)8-25-19(27)12-30-16-6-14(20(23)28)7-24-9-16/h1-2,5-7,9,15H,3-4,8,10-12H2,(H2,23,28)(H,25,27)/t15-/m0/s1. The molecule has 2 heterocycles. The summed E-state index contributed by atoms with van der Waals surface area (Å²) in [5.41, 5.74) is 6.64. The van der Waals surface area contributed by atoms with Crippen LogP contribution in [-0.2, 0) is 16.1 Å². The Morgan fingerprint density at radius 3 is 2.87 bits per heavy atom. The van der Waals surface area contributed by atoms with Gasteiger partial charge in [-0.2, -0.15) is 0 Å². The number of hydrogen-bond acceptors (Lipinski definition) is 6. The highest BCUT2D eigenvalue weighted by Crippen LogP contribution is 2.23. The minimum absolute atomic E-state index is 0.0877. The van der Waals surface area contributed by atoms with Gasteiger partial charge in [-0.15, -0.1) is 11.8 Å². The van der Waals surface area contributed by atoms with Gasteiger partial charge < -0.3 is 15.8 Å². The van der Waals surface area contributed by atoms with Crippen molar-refractivity contribution in [2.45, 2.75) is 17.5 Å². The third kappa shape index (κ3) is 6.85. The third-order valence-electron chi connectivity index (χ3n) is 4.51. The molecule has 2 amide bonds. The van der Waals surface area contributed by atoms with E-state index in [1.54, 1.807) is 18.3 Å². The monoisotopic (exact) mass is 468 g/mol. The zero-order valence-corrected chi connectivity index (χ0v) is 18.5. The Kier molecular flexibility index (Phi) is 8.35. The SMILES string of the molecule is NC(=O)c1cncc(SCC(=O)NC[C@H]2CN(Cc3ccc(Cl)c(Cl)c3)CCO2)c1. The molecule has 1 saturated heterocycles. The molecule has 0 aliphatic carbocycles. The van der Waals surface area contributed by atoms with Crippen molar-refractivity contribution in [2.75, 3.05) is 32.0 Å². The molecule has 1 fully saturated rings. The van der Waals surface area contributed by atoms with Crippen LogP contribution in [0.15, 0.2) is 41.6 Å². The summed E-state index contributed by atoms with van der Waals surface area (Å²) in [7, 11) is 0. The summed E-state index contributed by atoms with van der Waals surface area (Å²) >= 11 is 13.4. The highest BCUT2D eigenvalue weighted by Gasteiger charge is 2.21. The van der Waals surface area contributed by atoms with Crippen LogP contribution in [0.1, 0.15) is 15.9 Å². The van der Waals surface area contributed by atoms with Crippen LogP contribution in [0.25, 0.3) is 0 Å². The Labute approximate surface area is 189 Å². The smallest absolute Gasteiger partial charge is 0.250 e. The molecule has 1 aromatic carbocycles. The van der Waals surface area contributed by atoms with Crippen molar-refractivity contribution in [3.63, 3.8) is 0 Å². The predicted octanol–water partition coefficient (Wildman–Crippen LogP) is 2.60. The first-order chi connectivity index (χ1) is 14.4. The first kappa shape index (κ1) is 22.8. The lowest BCUT2D eigenvalue weighted by molar-refractivity contribution is -0.119. The van der Waals surface area contributed by atoms with E-state index in [4.69, 9.17) is 33.7 Å². The molecular weight excluding hydrogens is 447 g/mol. The lowest BCUT2D eigenvalue weighted by Gasteiger charge is -2.33. The summed E-state index contributed by atoms with van der Waals surface area (Å²) in [6, 6.07) is 7.25. The summed E-state index contributed by atoms with van der Waals surface area (Å²) in [6.07, 6.45) is 2.90. The maximum atomic E-state index is 12.2. The van der Waals surface area contributed by atoms with E-state index in [2.05, 4.69) is 15.2 Å². The first-order valence-electron chi connectivity index (χ1n) is 9.33. The third-order valence-corrected chi connectivity index (χ3v) is 6.21. The molecule has 7 nitrogen and oxygen atoms in total. The second kappa shape index (κ2) is 11.0. The van der Waals surface area contributed by atoms with Gasteiger partial charge >= 0.3 is 0 Å². The average Bonchev–Trinajstić information content (AvgIpc) is 2.74. The van der Waals surface area contributed by atoms with E-state index in [9.17, 15) is 9.59 Å². The number of pyridine rings is 1. The van der Waals surface area contributed by atoms with E-state index in [1.165, 1.54) is 18.0 Å². The number of rotatable bonds is 8. The number of carbonyl (C=O) groups is 2. The van der Waals surface area contributed by atoms with Crippen molar-refractivity contribution in [3.05, 3.63) is 57.8 Å². The van der Waals surface area contributed by atoms with Crippen molar-refractivity contribution in [3.8, 4) is 0 Å². The molecule has 160 valence electrons. The molecule has 10 heteroatoms. The number of hydrogen-bond donors (Lipinski definition) is 2. The lowest BCUT2D eigenvalue weighted by atomic mass is 10.2. The summed E-state index contributed by atoms with van der Waals surface area (Å²) in [5.74, 6) is -0.451. The second-order valence-corrected chi connectivity index (χ2v) is 8.71. The van der Waals surface area contributed by atoms with Crippen LogP contribution in [0.3, 0.4) is 0 Å². The van der Waals surface area contributed by atoms with Gasteiger partial charge in [0.05, 0.1) is 34.1 Å². The van der Waals surface area contributed by atoms with Crippen LogP contribution in [-0.4, -0.2) is 59.8 Å². The van der Waals surface area contributed by atoms with Crippen LogP contribution in [0.4, 0.5) is 0 Å². The van der Waals surface area contributed by atoms with Crippen LogP contribution >= 0.6 is 35.0 Å². The molecule has 0 saturated carbocycles. The minimum atomic E-state index is -0.547. The number of halogens is 2. The van der Waals surface area contributed by atoms with Crippen LogP contribution < -0.4 is 11.1 Å². The van der Waals surface area contributed by atoms with Crippen molar-refractivity contribution >= 4 is 46.8 Å². The number of primary amides is 1. The molecule has 0 spiro atoms. The van der Waals surface area contributed by atoms with E-state index in [0.29, 0.717) is 40.2 Å². The first-order valence-corrected chi connectivity index (χ1v) is 11.1. The molecule has 1 aliphatic rings. The van der Waals surface area contributed by atoms with E-state index in [1.807, 2.05) is 12.1 Å². The van der Waals surface area contributed by atoms with Gasteiger partial charge in [-0.1, -0.05) is 29.3 Å². The number of nitrogens with one attached hydrogen (secondary N) is 1. The summed E-state index contributed by atoms with van der Waals surface area (Å²) < 4.78 is 5.77. The second-order valence-electron chi connectivity index (χ2n) is 6.84. The molecule has 2 aromatic rings. The molecule has 0 unspecified atom stereocenters. The van der Waals surface area contributed by atoms with Gasteiger partial charge in [0.15, 0.2) is 0 Å². The largest absolute Gasteiger partial charge is 0.374 e. The number of ether oxygens (including phenoxy) is 1. The Hall–Kier alpha value is -1.84. The van der Waals surface area contributed by atoms with Gasteiger partial charge in [-0.25, -0.2) is 0 Å². The molecule has 3 rings (SSSR count). The number of nitrogens with zero attached hydrogens (tertiary/aromatic N) is 2. The van der Waals surface area contributed by atoms with E-state index < -0.39 is 5.91 Å². The number of amides is 2. The number of aromatic nitrogens is 1. The molecule has 1 aliphatic heterocycles. The number of thioether (sulfide) groups is 1. The summed E-state index contributed by atoms with van der Waals surface area (Å²) in [5, 5.41) is 3.98. The quantitative estimate of drug-likeness (QED) is 0.577. The van der Waals surface area contributed by atoms with Gasteiger partial charge in [-0.05, 0) is 23.8 Å². The summed E-state index contributed by atoms with van der Waals surface area (Å²) in [6.45, 7) is 3.28. The van der Waals surface area contributed by atoms with Crippen LogP contribution in [0.2, 0.25) is 10.0 Å². The Bertz CT molecular complexity index is 915. The van der Waals surface area contributed by atoms with Crippen molar-refractivity contribution < 1.29 is 14.3 Å². The van der Waals surface area contributed by atoms with Gasteiger partial charge in [-0.3, -0.25) is 19.5 Å². The zero-order chi connectivity index (χ0) is 21.5. The van der Waals surface area contributed by atoms with Crippen LogP contribution in [0.5, 0.6) is 0 Å². The highest BCUT2D eigenvalue weighted by atomic mass is 35.5. The molecule has 1 atom stereocenters. The molecule has 0 bridgehead atoms. The van der Waals surface area contributed by atoms with Gasteiger partial charge in [0.2, 0.25) is 11.8 Å². The molecule has 30 heavy (non-hydrogen) atoms. The fourth-order valence-electron chi connectivity index (χ4n) is 3.00. The molecule has 1 aromatic heterocycles. The number of benzene rings is 1. The highest BCUT2D eigenvalue weighted by molar-refractivity contribution is 8.00. The van der Waals surface area contributed by atoms with Crippen molar-refractivity contribution in [2.24, 2.45) is 5.73 Å². The average molecular weight is 469 g/mol. The zero-order valence-electron chi connectivity index (χ0n) is 16.1. The molecular formula is C20H22Cl2N4O3S. The van der Waals surface area contributed by atoms with Crippen LogP contribution in [0, 0.1) is 0 Å². The molecule has 3 N–H and O–H groups in total. The predicted molar refractivity (Wildman–Crippen MR) is 118 cm³/mol. The lowest BCUT2D eigenvalue weighted by Crippen LogP contribution is -2.47. The topological polar surface area (TPSA) is 97.6 Å². The van der Waals surface area contributed by atoms with E-state index >= 15 is 0 Å². The fraction of sp³-hybridized carbons (Fsp3) is 0.350. The number of morpholine rings is 1. The van der Waals surface area contributed by atoms with Gasteiger partial charge in [0.25, 0.3) is 0 Å². The Morgan fingerprint density at radius 1 is 1.27 bits per heavy atom. The minimum Gasteiger partial charge on any atom is -0.374 e. The fourth-order valence-corrected chi connectivity index (χ4v) is 4.07. The van der Waals surface area contributed by atoms with Gasteiger partial charge in [0, 0.05) is 43.5 Å². The van der Waals surface area contributed by atoms with E-state index in [-0.39, 0.29) is 17.8 Å². The van der Waals surface area contributed by atoms with Crippen molar-refractivity contribution in [1.82, 2.24) is 15.2 Å². The maximum absolute atomic E-state index is 12.2. The van der Waals surface area contributed by atoms with Crippen molar-refractivity contribution in [1.29, 1.82) is 0 Å². The Balaban J connectivity index is 1.42. The number of nitrogens with two attached hydrogens (primary N) is 1. The molecule has 0 radical (unpaired) electrons. The summed E-state index contributed by atoms with van der Waals surface area (Å²) in [4.78, 5) is 30.3. The normalized spacial score (nSPS) is 16.9. The van der Waals surface area contributed by atoms with E-state index in [0.717, 1.165) is 18.7 Å². The van der Waals surface area contributed by atoms with Gasteiger partial charge in [0.1, 0.15) is 0 Å². The maximum Gasteiger partial charge on any atom is 0.250 e. The Morgan fingerprint density at radius 2 is 2.10 bits per heavy atom.